The van der Waals surface area contributed by atoms with Crippen LogP contribution in [0.1, 0.15) is 25.0 Å². The molecule has 0 aromatic heterocycles. The van der Waals surface area contributed by atoms with E-state index >= 15 is 0 Å². The smallest absolute Gasteiger partial charge is 0.0787 e. The number of fused-ring (bicyclic) bond motifs is 1. The summed E-state index contributed by atoms with van der Waals surface area (Å²) in [5.41, 5.74) is 2.19. The standard InChI is InChI=1S/C15H19NO/c1-4-15(17)13-6-5-12-10-14(16(2)3)8-7-11(12)9-13/h5-10,15,17H,4H2,1-3H3. The van der Waals surface area contributed by atoms with Crippen molar-refractivity contribution in [1.29, 1.82) is 0 Å². The summed E-state index contributed by atoms with van der Waals surface area (Å²) in [5, 5.41) is 12.2. The molecule has 2 aromatic rings. The Balaban J connectivity index is 2.46. The topological polar surface area (TPSA) is 23.5 Å². The van der Waals surface area contributed by atoms with E-state index in [0.717, 1.165) is 12.0 Å². The van der Waals surface area contributed by atoms with Gasteiger partial charge in [-0.25, -0.2) is 0 Å². The van der Waals surface area contributed by atoms with E-state index in [9.17, 15) is 5.11 Å². The van der Waals surface area contributed by atoms with Gasteiger partial charge in [0.1, 0.15) is 0 Å². The van der Waals surface area contributed by atoms with E-state index < -0.39 is 0 Å². The lowest BCUT2D eigenvalue weighted by atomic mass is 10.0. The van der Waals surface area contributed by atoms with E-state index in [1.165, 1.54) is 16.5 Å². The summed E-state index contributed by atoms with van der Waals surface area (Å²) in [4.78, 5) is 2.09. The molecule has 0 spiro atoms. The number of rotatable bonds is 3. The zero-order chi connectivity index (χ0) is 12.4. The number of hydrogen-bond acceptors (Lipinski definition) is 2. The predicted molar refractivity (Wildman–Crippen MR) is 73.5 cm³/mol. The van der Waals surface area contributed by atoms with Crippen LogP contribution in [0, 0.1) is 0 Å². The van der Waals surface area contributed by atoms with Crippen molar-refractivity contribution in [2.45, 2.75) is 19.4 Å². The summed E-state index contributed by atoms with van der Waals surface area (Å²) in [6.07, 6.45) is 0.398. The second-order valence-electron chi connectivity index (χ2n) is 4.61. The van der Waals surface area contributed by atoms with Gasteiger partial charge in [-0.1, -0.05) is 25.1 Å². The van der Waals surface area contributed by atoms with Crippen molar-refractivity contribution in [3.8, 4) is 0 Å². The Kier molecular flexibility index (Phi) is 3.34. The molecule has 0 aliphatic carbocycles. The molecule has 0 heterocycles. The number of anilines is 1. The highest BCUT2D eigenvalue weighted by Gasteiger charge is 2.05. The maximum atomic E-state index is 9.82. The van der Waals surface area contributed by atoms with Crippen molar-refractivity contribution in [3.05, 3.63) is 42.0 Å². The first-order valence-electron chi connectivity index (χ1n) is 6.01. The fraction of sp³-hybridized carbons (Fsp3) is 0.333. The second kappa shape index (κ2) is 4.76. The quantitative estimate of drug-likeness (QED) is 0.872. The molecular formula is C15H19NO. The van der Waals surface area contributed by atoms with Gasteiger partial charge in [0.2, 0.25) is 0 Å². The van der Waals surface area contributed by atoms with Crippen molar-refractivity contribution in [2.24, 2.45) is 0 Å². The van der Waals surface area contributed by atoms with Gasteiger partial charge >= 0.3 is 0 Å². The van der Waals surface area contributed by atoms with Crippen LogP contribution in [0.3, 0.4) is 0 Å². The van der Waals surface area contributed by atoms with Gasteiger partial charge in [-0.3, -0.25) is 0 Å². The van der Waals surface area contributed by atoms with Crippen molar-refractivity contribution < 1.29 is 5.11 Å². The minimum absolute atomic E-state index is 0.354. The third-order valence-corrected chi connectivity index (χ3v) is 3.14. The van der Waals surface area contributed by atoms with Gasteiger partial charge in [-0.15, -0.1) is 0 Å². The van der Waals surface area contributed by atoms with Gasteiger partial charge in [0.15, 0.2) is 0 Å². The van der Waals surface area contributed by atoms with Crippen LogP contribution < -0.4 is 4.90 Å². The molecule has 1 atom stereocenters. The number of hydrogen-bond donors (Lipinski definition) is 1. The van der Waals surface area contributed by atoms with Crippen molar-refractivity contribution in [2.75, 3.05) is 19.0 Å². The Bertz CT molecular complexity index is 519. The van der Waals surface area contributed by atoms with Crippen molar-refractivity contribution in [3.63, 3.8) is 0 Å². The van der Waals surface area contributed by atoms with Crippen LogP contribution in [0.5, 0.6) is 0 Å². The van der Waals surface area contributed by atoms with Gasteiger partial charge in [-0.05, 0) is 41.0 Å². The maximum Gasteiger partial charge on any atom is 0.0787 e. The number of nitrogens with zero attached hydrogens (tertiary/aromatic N) is 1. The molecule has 0 saturated carbocycles. The second-order valence-corrected chi connectivity index (χ2v) is 4.61. The lowest BCUT2D eigenvalue weighted by molar-refractivity contribution is 0.174. The molecular weight excluding hydrogens is 210 g/mol. The van der Waals surface area contributed by atoms with Gasteiger partial charge < -0.3 is 10.0 Å². The number of aliphatic hydroxyl groups is 1. The van der Waals surface area contributed by atoms with Gasteiger partial charge in [0.25, 0.3) is 0 Å². The summed E-state index contributed by atoms with van der Waals surface area (Å²) in [5.74, 6) is 0. The number of benzene rings is 2. The largest absolute Gasteiger partial charge is 0.388 e. The van der Waals surface area contributed by atoms with Gasteiger partial charge in [0, 0.05) is 19.8 Å². The molecule has 90 valence electrons. The lowest BCUT2D eigenvalue weighted by Gasteiger charge is -2.14. The van der Waals surface area contributed by atoms with E-state index in [-0.39, 0.29) is 6.10 Å². The average Bonchev–Trinajstić information content (AvgIpc) is 2.36. The SMILES string of the molecule is CCC(O)c1ccc2cc(N(C)C)ccc2c1. The first-order valence-corrected chi connectivity index (χ1v) is 6.01. The minimum atomic E-state index is -0.354. The van der Waals surface area contributed by atoms with Crippen LogP contribution in [-0.4, -0.2) is 19.2 Å². The van der Waals surface area contributed by atoms with Crippen LogP contribution in [0.25, 0.3) is 10.8 Å². The van der Waals surface area contributed by atoms with E-state index in [4.69, 9.17) is 0 Å². The molecule has 0 bridgehead atoms. The Morgan fingerprint density at radius 2 is 1.71 bits per heavy atom. The molecule has 0 fully saturated rings. The molecule has 17 heavy (non-hydrogen) atoms. The molecule has 0 saturated heterocycles. The zero-order valence-corrected chi connectivity index (χ0v) is 10.6. The lowest BCUT2D eigenvalue weighted by Crippen LogP contribution is -2.08. The molecule has 2 rings (SSSR count). The first kappa shape index (κ1) is 11.9. The van der Waals surface area contributed by atoms with Gasteiger partial charge in [0.05, 0.1) is 6.10 Å². The van der Waals surface area contributed by atoms with Crippen LogP contribution in [0.4, 0.5) is 5.69 Å². The molecule has 2 nitrogen and oxygen atoms in total. The first-order chi connectivity index (χ1) is 8.11. The Labute approximate surface area is 102 Å². The highest BCUT2D eigenvalue weighted by atomic mass is 16.3. The highest BCUT2D eigenvalue weighted by Crippen LogP contribution is 2.25. The maximum absolute atomic E-state index is 9.82. The van der Waals surface area contributed by atoms with Crippen LogP contribution in [-0.2, 0) is 0 Å². The predicted octanol–water partition coefficient (Wildman–Crippen LogP) is 3.35. The summed E-state index contributed by atoms with van der Waals surface area (Å²) >= 11 is 0. The normalized spacial score (nSPS) is 12.7. The minimum Gasteiger partial charge on any atom is -0.388 e. The van der Waals surface area contributed by atoms with E-state index in [2.05, 4.69) is 35.2 Å². The molecule has 0 aliphatic heterocycles. The van der Waals surface area contributed by atoms with Crippen LogP contribution >= 0.6 is 0 Å². The fourth-order valence-corrected chi connectivity index (χ4v) is 1.97. The summed E-state index contributed by atoms with van der Waals surface area (Å²) < 4.78 is 0. The van der Waals surface area contributed by atoms with Crippen molar-refractivity contribution >= 4 is 16.5 Å². The highest BCUT2D eigenvalue weighted by molar-refractivity contribution is 5.86. The van der Waals surface area contributed by atoms with E-state index in [1.807, 2.05) is 27.1 Å². The Morgan fingerprint density at radius 3 is 2.35 bits per heavy atom. The van der Waals surface area contributed by atoms with E-state index in [1.54, 1.807) is 0 Å². The molecule has 1 unspecified atom stereocenters. The van der Waals surface area contributed by atoms with Crippen LogP contribution in [0.2, 0.25) is 0 Å². The van der Waals surface area contributed by atoms with Gasteiger partial charge in [-0.2, -0.15) is 0 Å². The van der Waals surface area contributed by atoms with Crippen LogP contribution in [0.15, 0.2) is 36.4 Å². The monoisotopic (exact) mass is 229 g/mol. The summed E-state index contributed by atoms with van der Waals surface area (Å²) in [6.45, 7) is 1.99. The molecule has 0 radical (unpaired) electrons. The molecule has 2 heteroatoms. The third-order valence-electron chi connectivity index (χ3n) is 3.14. The summed E-state index contributed by atoms with van der Waals surface area (Å²) in [7, 11) is 4.08. The zero-order valence-electron chi connectivity index (χ0n) is 10.6. The Morgan fingerprint density at radius 1 is 1.06 bits per heavy atom. The fourth-order valence-electron chi connectivity index (χ4n) is 1.97. The third kappa shape index (κ3) is 2.42. The number of aliphatic hydroxyl groups excluding tert-OH is 1. The average molecular weight is 229 g/mol. The molecule has 1 N–H and O–H groups in total. The summed E-state index contributed by atoms with van der Waals surface area (Å²) in [6, 6.07) is 12.5. The molecule has 0 amide bonds. The van der Waals surface area contributed by atoms with Crippen molar-refractivity contribution in [1.82, 2.24) is 0 Å². The Hall–Kier alpha value is -1.54. The molecule has 0 aliphatic rings. The van der Waals surface area contributed by atoms with E-state index in [0.29, 0.717) is 0 Å². The molecule has 2 aromatic carbocycles.